The number of halogens is 2. The van der Waals surface area contributed by atoms with E-state index in [9.17, 15) is 9.90 Å². The second-order valence-corrected chi connectivity index (χ2v) is 5.31. The molecule has 0 fully saturated rings. The van der Waals surface area contributed by atoms with Crippen molar-refractivity contribution in [3.05, 3.63) is 51.0 Å². The third-order valence-corrected chi connectivity index (χ3v) is 3.14. The Morgan fingerprint density at radius 3 is 2.50 bits per heavy atom. The molecule has 0 aliphatic rings. The predicted octanol–water partition coefficient (Wildman–Crippen LogP) is 3.56. The van der Waals surface area contributed by atoms with E-state index >= 15 is 0 Å². The Bertz CT molecular complexity index is 585. The molecule has 1 aromatic carbocycles. The van der Waals surface area contributed by atoms with Crippen molar-refractivity contribution in [2.24, 2.45) is 0 Å². The van der Waals surface area contributed by atoms with Crippen LogP contribution in [0.1, 0.15) is 10.4 Å². The zero-order valence-electron chi connectivity index (χ0n) is 9.02. The van der Waals surface area contributed by atoms with Gasteiger partial charge in [0, 0.05) is 15.1 Å². The van der Waals surface area contributed by atoms with Crippen molar-refractivity contribution < 1.29 is 9.90 Å². The summed E-state index contributed by atoms with van der Waals surface area (Å²) in [5.41, 5.74) is 0.197. The number of aromatic nitrogens is 1. The average molecular weight is 372 g/mol. The number of hydrogen-bond acceptors (Lipinski definition) is 3. The maximum Gasteiger partial charge on any atom is 0.260 e. The first-order valence-corrected chi connectivity index (χ1v) is 6.56. The molecule has 6 heteroatoms. The number of nitrogens with zero attached hydrogens (tertiary/aromatic N) is 1. The Morgan fingerprint density at radius 2 is 1.89 bits per heavy atom. The molecule has 2 aromatic rings. The van der Waals surface area contributed by atoms with Gasteiger partial charge in [-0.3, -0.25) is 4.79 Å². The summed E-state index contributed by atoms with van der Waals surface area (Å²) >= 11 is 6.47. The number of hydrogen-bond donors (Lipinski definition) is 2. The molecule has 0 unspecified atom stereocenters. The lowest BCUT2D eigenvalue weighted by atomic mass is 10.2. The van der Waals surface area contributed by atoms with Gasteiger partial charge >= 0.3 is 0 Å². The van der Waals surface area contributed by atoms with Gasteiger partial charge in [-0.1, -0.05) is 15.9 Å². The first-order valence-electron chi connectivity index (χ1n) is 4.97. The third-order valence-electron chi connectivity index (χ3n) is 2.17. The van der Waals surface area contributed by atoms with Gasteiger partial charge in [-0.15, -0.1) is 0 Å². The number of pyridine rings is 1. The molecule has 0 aliphatic heterocycles. The van der Waals surface area contributed by atoms with Crippen LogP contribution in [0, 0.1) is 0 Å². The fraction of sp³-hybridized carbons (Fsp3) is 0. The largest absolute Gasteiger partial charge is 0.507 e. The van der Waals surface area contributed by atoms with Crippen LogP contribution >= 0.6 is 31.9 Å². The van der Waals surface area contributed by atoms with Crippen molar-refractivity contribution in [2.45, 2.75) is 0 Å². The molecule has 0 bridgehead atoms. The highest BCUT2D eigenvalue weighted by Gasteiger charge is 2.11. The standard InChI is InChI=1S/C12H8Br2N2O2/c13-7-1-3-9(10(17)5-7)12(18)16-11-4-2-8(14)6-15-11/h1-6,17H,(H,15,16,18). The van der Waals surface area contributed by atoms with Crippen LogP contribution < -0.4 is 5.32 Å². The maximum absolute atomic E-state index is 11.9. The third kappa shape index (κ3) is 3.08. The Kier molecular flexibility index (Phi) is 3.98. The Labute approximate surface area is 120 Å². The quantitative estimate of drug-likeness (QED) is 0.848. The number of carbonyl (C=O) groups excluding carboxylic acids is 1. The van der Waals surface area contributed by atoms with Gasteiger partial charge in [0.2, 0.25) is 0 Å². The van der Waals surface area contributed by atoms with Crippen LogP contribution in [0.4, 0.5) is 5.82 Å². The Hall–Kier alpha value is -1.40. The number of nitrogens with one attached hydrogen (secondary N) is 1. The van der Waals surface area contributed by atoms with Gasteiger partial charge in [0.25, 0.3) is 5.91 Å². The van der Waals surface area contributed by atoms with Crippen molar-refractivity contribution >= 4 is 43.6 Å². The van der Waals surface area contributed by atoms with Crippen LogP contribution in [-0.2, 0) is 0 Å². The summed E-state index contributed by atoms with van der Waals surface area (Å²) < 4.78 is 1.53. The first-order chi connectivity index (χ1) is 8.56. The van der Waals surface area contributed by atoms with E-state index in [1.54, 1.807) is 24.4 Å². The number of rotatable bonds is 2. The molecule has 18 heavy (non-hydrogen) atoms. The topological polar surface area (TPSA) is 62.2 Å². The molecule has 2 rings (SSSR count). The first kappa shape index (κ1) is 13.0. The Morgan fingerprint density at radius 1 is 1.17 bits per heavy atom. The van der Waals surface area contributed by atoms with Crippen molar-refractivity contribution in [3.63, 3.8) is 0 Å². The summed E-state index contributed by atoms with van der Waals surface area (Å²) in [7, 11) is 0. The van der Waals surface area contributed by atoms with Crippen LogP contribution in [0.25, 0.3) is 0 Å². The highest BCUT2D eigenvalue weighted by atomic mass is 79.9. The van der Waals surface area contributed by atoms with Gasteiger partial charge in [0.15, 0.2) is 0 Å². The van der Waals surface area contributed by atoms with Gasteiger partial charge in [0.05, 0.1) is 5.56 Å². The molecule has 0 radical (unpaired) electrons. The normalized spacial score (nSPS) is 10.1. The number of carbonyl (C=O) groups is 1. The molecule has 0 aliphatic carbocycles. The zero-order chi connectivity index (χ0) is 13.1. The number of aromatic hydroxyl groups is 1. The van der Waals surface area contributed by atoms with E-state index in [1.165, 1.54) is 12.1 Å². The van der Waals surface area contributed by atoms with Gasteiger partial charge in [0.1, 0.15) is 11.6 Å². The van der Waals surface area contributed by atoms with Crippen molar-refractivity contribution in [2.75, 3.05) is 5.32 Å². The summed E-state index contributed by atoms with van der Waals surface area (Å²) in [6, 6.07) is 8.11. The minimum Gasteiger partial charge on any atom is -0.507 e. The minimum absolute atomic E-state index is 0.0843. The van der Waals surface area contributed by atoms with Gasteiger partial charge < -0.3 is 10.4 Å². The fourth-order valence-corrected chi connectivity index (χ4v) is 1.91. The summed E-state index contributed by atoms with van der Waals surface area (Å²) in [5, 5.41) is 12.3. The fourth-order valence-electron chi connectivity index (χ4n) is 1.33. The monoisotopic (exact) mass is 370 g/mol. The molecule has 4 nitrogen and oxygen atoms in total. The van der Waals surface area contributed by atoms with E-state index < -0.39 is 5.91 Å². The van der Waals surface area contributed by atoms with Crippen LogP contribution in [0.3, 0.4) is 0 Å². The van der Waals surface area contributed by atoms with E-state index in [0.717, 1.165) is 4.47 Å². The lowest BCUT2D eigenvalue weighted by molar-refractivity contribution is 0.102. The van der Waals surface area contributed by atoms with Crippen molar-refractivity contribution in [1.82, 2.24) is 4.98 Å². The van der Waals surface area contributed by atoms with Crippen LogP contribution in [0.2, 0.25) is 0 Å². The zero-order valence-corrected chi connectivity index (χ0v) is 12.2. The van der Waals surface area contributed by atoms with E-state index in [4.69, 9.17) is 0 Å². The predicted molar refractivity (Wildman–Crippen MR) is 75.7 cm³/mol. The van der Waals surface area contributed by atoms with Gasteiger partial charge in [-0.05, 0) is 46.3 Å². The van der Waals surface area contributed by atoms with Crippen molar-refractivity contribution in [3.8, 4) is 5.75 Å². The van der Waals surface area contributed by atoms with E-state index in [-0.39, 0.29) is 11.3 Å². The van der Waals surface area contributed by atoms with Gasteiger partial charge in [-0.25, -0.2) is 4.98 Å². The highest BCUT2D eigenvalue weighted by Crippen LogP contribution is 2.23. The van der Waals surface area contributed by atoms with E-state index in [0.29, 0.717) is 10.3 Å². The summed E-state index contributed by atoms with van der Waals surface area (Å²) in [6.45, 7) is 0. The SMILES string of the molecule is O=C(Nc1ccc(Br)cn1)c1ccc(Br)cc1O. The summed E-state index contributed by atoms with van der Waals surface area (Å²) in [4.78, 5) is 15.9. The Balaban J connectivity index is 2.19. The number of benzene rings is 1. The molecule has 92 valence electrons. The van der Waals surface area contributed by atoms with E-state index in [1.807, 2.05) is 0 Å². The summed E-state index contributed by atoms with van der Waals surface area (Å²) in [5.74, 6) is -0.0701. The number of phenols is 1. The average Bonchev–Trinajstić information content (AvgIpc) is 2.32. The second kappa shape index (κ2) is 5.49. The highest BCUT2D eigenvalue weighted by molar-refractivity contribution is 9.10. The molecule has 0 saturated heterocycles. The van der Waals surface area contributed by atoms with Crippen LogP contribution in [-0.4, -0.2) is 16.0 Å². The molecule has 1 amide bonds. The van der Waals surface area contributed by atoms with Gasteiger partial charge in [-0.2, -0.15) is 0 Å². The number of amides is 1. The number of anilines is 1. The lowest BCUT2D eigenvalue weighted by Crippen LogP contribution is -2.12. The van der Waals surface area contributed by atoms with Crippen LogP contribution in [0.15, 0.2) is 45.5 Å². The second-order valence-electron chi connectivity index (χ2n) is 3.48. The molecular formula is C12H8Br2N2O2. The maximum atomic E-state index is 11.9. The molecule has 1 heterocycles. The smallest absolute Gasteiger partial charge is 0.260 e. The summed E-state index contributed by atoms with van der Waals surface area (Å²) in [6.07, 6.45) is 1.58. The molecule has 0 atom stereocenters. The molecule has 0 saturated carbocycles. The number of phenolic OH excluding ortho intramolecular Hbond substituents is 1. The van der Waals surface area contributed by atoms with E-state index in [2.05, 4.69) is 42.2 Å². The molecule has 0 spiro atoms. The van der Waals surface area contributed by atoms with Crippen LogP contribution in [0.5, 0.6) is 5.75 Å². The van der Waals surface area contributed by atoms with Crippen molar-refractivity contribution in [1.29, 1.82) is 0 Å². The molecular weight excluding hydrogens is 364 g/mol. The molecule has 1 aromatic heterocycles. The molecule has 2 N–H and O–H groups in total. The lowest BCUT2D eigenvalue weighted by Gasteiger charge is -2.06. The minimum atomic E-state index is -0.408.